The van der Waals surface area contributed by atoms with E-state index in [0.29, 0.717) is 0 Å². The molecule has 108 valence electrons. The first kappa shape index (κ1) is 15.8. The number of rotatable bonds is 9. The highest BCUT2D eigenvalue weighted by atomic mass is 16.5. The van der Waals surface area contributed by atoms with Gasteiger partial charge in [-0.2, -0.15) is 0 Å². The molecule has 1 aromatic rings. The van der Waals surface area contributed by atoms with Gasteiger partial charge in [0.2, 0.25) is 0 Å². The quantitative estimate of drug-likeness (QED) is 0.742. The summed E-state index contributed by atoms with van der Waals surface area (Å²) in [4.78, 5) is 0. The predicted molar refractivity (Wildman–Crippen MR) is 80.2 cm³/mol. The minimum absolute atomic E-state index is 0.200. The van der Waals surface area contributed by atoms with Crippen LogP contribution in [0.2, 0.25) is 0 Å². The van der Waals surface area contributed by atoms with Gasteiger partial charge in [0, 0.05) is 6.54 Å². The molecule has 0 bridgehead atoms. The summed E-state index contributed by atoms with van der Waals surface area (Å²) < 4.78 is 11.5. The number of hydrogen-bond acceptors (Lipinski definition) is 3. The van der Waals surface area contributed by atoms with Crippen LogP contribution in [0.4, 0.5) is 0 Å². The van der Waals surface area contributed by atoms with E-state index in [-0.39, 0.29) is 6.10 Å². The topological polar surface area (TPSA) is 30.5 Å². The Morgan fingerprint density at radius 1 is 1.16 bits per heavy atom. The molecule has 3 nitrogen and oxygen atoms in total. The van der Waals surface area contributed by atoms with Crippen molar-refractivity contribution < 1.29 is 9.47 Å². The first-order chi connectivity index (χ1) is 9.24. The fourth-order valence-corrected chi connectivity index (χ4v) is 2.04. The summed E-state index contributed by atoms with van der Waals surface area (Å²) in [5.74, 6) is 1.67. The summed E-state index contributed by atoms with van der Waals surface area (Å²) in [6.45, 7) is 8.28. The zero-order valence-corrected chi connectivity index (χ0v) is 12.7. The fraction of sp³-hybridized carbons (Fsp3) is 0.625. The lowest BCUT2D eigenvalue weighted by Gasteiger charge is -2.20. The lowest BCUT2D eigenvalue weighted by Crippen LogP contribution is -2.31. The third-order valence-electron chi connectivity index (χ3n) is 3.16. The number of hydrogen-bond donors (Lipinski definition) is 1. The lowest BCUT2D eigenvalue weighted by atomic mass is 10.1. The van der Waals surface area contributed by atoms with E-state index in [1.807, 2.05) is 6.07 Å². The van der Waals surface area contributed by atoms with Crippen molar-refractivity contribution in [3.8, 4) is 11.5 Å². The number of ether oxygens (including phenoxy) is 2. The molecular formula is C16H27NO2. The van der Waals surface area contributed by atoms with Crippen LogP contribution in [0.25, 0.3) is 0 Å². The molecule has 0 spiro atoms. The predicted octanol–water partition coefficient (Wildman–Crippen LogP) is 3.41. The molecule has 0 saturated heterocycles. The lowest BCUT2D eigenvalue weighted by molar-refractivity contribution is 0.180. The van der Waals surface area contributed by atoms with Crippen molar-refractivity contribution in [1.29, 1.82) is 0 Å². The normalized spacial score (nSPS) is 12.2. The molecular weight excluding hydrogens is 238 g/mol. The van der Waals surface area contributed by atoms with Gasteiger partial charge in [-0.3, -0.25) is 0 Å². The maximum absolute atomic E-state index is 6.09. The minimum atomic E-state index is 0.200. The molecule has 0 aliphatic heterocycles. The molecule has 0 aromatic heterocycles. The second-order valence-electron chi connectivity index (χ2n) is 4.67. The van der Waals surface area contributed by atoms with Gasteiger partial charge in [0.15, 0.2) is 11.5 Å². The molecule has 3 heteroatoms. The molecule has 0 radical (unpaired) electrons. The Bertz CT molecular complexity index is 366. The van der Waals surface area contributed by atoms with E-state index in [2.05, 4.69) is 38.2 Å². The van der Waals surface area contributed by atoms with Crippen LogP contribution in [-0.2, 0) is 6.42 Å². The molecule has 0 fully saturated rings. The molecule has 1 atom stereocenters. The summed E-state index contributed by atoms with van der Waals surface area (Å²) in [6.07, 6.45) is 3.37. The number of benzene rings is 1. The van der Waals surface area contributed by atoms with Gasteiger partial charge >= 0.3 is 0 Å². The maximum atomic E-state index is 6.09. The van der Waals surface area contributed by atoms with Crippen molar-refractivity contribution in [3.63, 3.8) is 0 Å². The second kappa shape index (κ2) is 8.81. The average Bonchev–Trinajstić information content (AvgIpc) is 2.45. The van der Waals surface area contributed by atoms with Gasteiger partial charge < -0.3 is 14.8 Å². The zero-order chi connectivity index (χ0) is 14.1. The Hall–Kier alpha value is -1.22. The minimum Gasteiger partial charge on any atom is -0.493 e. The van der Waals surface area contributed by atoms with Gasteiger partial charge in [-0.25, -0.2) is 0 Å². The van der Waals surface area contributed by atoms with Crippen LogP contribution in [0.15, 0.2) is 18.2 Å². The summed E-state index contributed by atoms with van der Waals surface area (Å²) in [5.41, 5.74) is 1.27. The van der Waals surface area contributed by atoms with Crippen LogP contribution in [0.3, 0.4) is 0 Å². The van der Waals surface area contributed by atoms with Crippen LogP contribution in [0.1, 0.15) is 39.2 Å². The standard InChI is InChI=1S/C16H27NO2/c1-5-8-14(12-17-7-3)19-15-10-9-13(6-2)11-16(15)18-4/h9-11,14,17H,5-8,12H2,1-4H3. The molecule has 1 aromatic carbocycles. The monoisotopic (exact) mass is 265 g/mol. The highest BCUT2D eigenvalue weighted by Crippen LogP contribution is 2.29. The summed E-state index contributed by atoms with van der Waals surface area (Å²) in [7, 11) is 1.70. The zero-order valence-electron chi connectivity index (χ0n) is 12.7. The van der Waals surface area contributed by atoms with E-state index < -0.39 is 0 Å². The van der Waals surface area contributed by atoms with Gasteiger partial charge in [0.1, 0.15) is 6.10 Å². The van der Waals surface area contributed by atoms with Gasteiger partial charge in [-0.15, -0.1) is 0 Å². The first-order valence-electron chi connectivity index (χ1n) is 7.29. The molecule has 0 amide bonds. The Morgan fingerprint density at radius 3 is 2.53 bits per heavy atom. The Morgan fingerprint density at radius 2 is 1.95 bits per heavy atom. The van der Waals surface area contributed by atoms with Crippen LogP contribution in [0, 0.1) is 0 Å². The van der Waals surface area contributed by atoms with E-state index in [0.717, 1.165) is 43.9 Å². The van der Waals surface area contributed by atoms with Gasteiger partial charge in [-0.1, -0.05) is 33.3 Å². The van der Waals surface area contributed by atoms with Crippen LogP contribution in [0.5, 0.6) is 11.5 Å². The third-order valence-corrected chi connectivity index (χ3v) is 3.16. The largest absolute Gasteiger partial charge is 0.493 e. The fourth-order valence-electron chi connectivity index (χ4n) is 2.04. The van der Waals surface area contributed by atoms with Crippen molar-refractivity contribution in [3.05, 3.63) is 23.8 Å². The van der Waals surface area contributed by atoms with E-state index in [4.69, 9.17) is 9.47 Å². The molecule has 0 saturated carbocycles. The Kier molecular flexibility index (Phi) is 7.34. The van der Waals surface area contributed by atoms with Gasteiger partial charge in [-0.05, 0) is 37.1 Å². The van der Waals surface area contributed by atoms with Crippen LogP contribution in [-0.4, -0.2) is 26.3 Å². The number of methoxy groups -OCH3 is 1. The van der Waals surface area contributed by atoms with Gasteiger partial charge in [0.05, 0.1) is 7.11 Å². The van der Waals surface area contributed by atoms with Crippen molar-refractivity contribution >= 4 is 0 Å². The summed E-state index contributed by atoms with van der Waals surface area (Å²) >= 11 is 0. The third kappa shape index (κ3) is 5.11. The maximum Gasteiger partial charge on any atom is 0.161 e. The van der Waals surface area contributed by atoms with Crippen LogP contribution >= 0.6 is 0 Å². The number of nitrogens with one attached hydrogen (secondary N) is 1. The summed E-state index contributed by atoms with van der Waals surface area (Å²) in [5, 5.41) is 3.35. The first-order valence-corrected chi connectivity index (χ1v) is 7.29. The Balaban J connectivity index is 2.76. The highest BCUT2D eigenvalue weighted by molar-refractivity contribution is 5.43. The summed E-state index contributed by atoms with van der Waals surface area (Å²) in [6, 6.07) is 6.19. The SMILES string of the molecule is CCCC(CNCC)Oc1ccc(CC)cc1OC. The molecule has 1 N–H and O–H groups in total. The molecule has 19 heavy (non-hydrogen) atoms. The van der Waals surface area contributed by atoms with E-state index in [1.165, 1.54) is 5.56 Å². The van der Waals surface area contributed by atoms with E-state index >= 15 is 0 Å². The van der Waals surface area contributed by atoms with E-state index in [9.17, 15) is 0 Å². The van der Waals surface area contributed by atoms with Crippen molar-refractivity contribution in [1.82, 2.24) is 5.32 Å². The van der Waals surface area contributed by atoms with Crippen LogP contribution < -0.4 is 14.8 Å². The highest BCUT2D eigenvalue weighted by Gasteiger charge is 2.12. The average molecular weight is 265 g/mol. The molecule has 0 heterocycles. The van der Waals surface area contributed by atoms with E-state index in [1.54, 1.807) is 7.11 Å². The molecule has 0 aliphatic carbocycles. The van der Waals surface area contributed by atoms with Gasteiger partial charge in [0.25, 0.3) is 0 Å². The molecule has 1 rings (SSSR count). The van der Waals surface area contributed by atoms with Crippen molar-refractivity contribution in [2.45, 2.75) is 46.1 Å². The number of likely N-dealkylation sites (N-methyl/N-ethyl adjacent to an activating group) is 1. The smallest absolute Gasteiger partial charge is 0.161 e. The molecule has 1 unspecified atom stereocenters. The van der Waals surface area contributed by atoms with Crippen molar-refractivity contribution in [2.75, 3.05) is 20.2 Å². The second-order valence-corrected chi connectivity index (χ2v) is 4.67. The van der Waals surface area contributed by atoms with Crippen molar-refractivity contribution in [2.24, 2.45) is 0 Å². The number of aryl methyl sites for hydroxylation is 1. The Labute approximate surface area is 117 Å². The molecule has 0 aliphatic rings.